The van der Waals surface area contributed by atoms with Crippen LogP contribution in [0.4, 0.5) is 5.69 Å². The number of nitrogens with one attached hydrogen (secondary N) is 1. The van der Waals surface area contributed by atoms with E-state index in [4.69, 9.17) is 5.11 Å². The van der Waals surface area contributed by atoms with Crippen molar-refractivity contribution in [1.82, 2.24) is 5.06 Å². The van der Waals surface area contributed by atoms with Crippen LogP contribution in [0, 0.1) is 5.92 Å². The minimum absolute atomic E-state index is 0.123. The van der Waals surface area contributed by atoms with Crippen molar-refractivity contribution in [2.75, 3.05) is 5.32 Å². The van der Waals surface area contributed by atoms with Crippen LogP contribution in [0.5, 0.6) is 0 Å². The van der Waals surface area contributed by atoms with Crippen molar-refractivity contribution in [2.45, 2.75) is 51.6 Å². The van der Waals surface area contributed by atoms with E-state index in [1.165, 1.54) is 12.1 Å². The van der Waals surface area contributed by atoms with Gasteiger partial charge in [0, 0.05) is 22.7 Å². The van der Waals surface area contributed by atoms with Crippen LogP contribution in [0.3, 0.4) is 0 Å². The first kappa shape index (κ1) is 17.4. The molecule has 23 heavy (non-hydrogen) atoms. The molecule has 1 heterocycles. The van der Waals surface area contributed by atoms with Gasteiger partial charge in [0.2, 0.25) is 5.91 Å². The van der Waals surface area contributed by atoms with Crippen molar-refractivity contribution in [3.63, 3.8) is 0 Å². The smallest absolute Gasteiger partial charge is 0.335 e. The van der Waals surface area contributed by atoms with E-state index in [9.17, 15) is 14.8 Å². The Morgan fingerprint density at radius 2 is 1.74 bits per heavy atom. The van der Waals surface area contributed by atoms with Crippen LogP contribution in [-0.4, -0.2) is 33.1 Å². The highest BCUT2D eigenvalue weighted by atomic mass is 16.5. The lowest BCUT2D eigenvalue weighted by molar-refractivity contribution is -0.292. The van der Waals surface area contributed by atoms with Gasteiger partial charge in [-0.25, -0.2) is 4.79 Å². The number of anilines is 1. The first-order valence-corrected chi connectivity index (χ1v) is 7.65. The molecule has 1 aliphatic heterocycles. The van der Waals surface area contributed by atoms with Crippen LogP contribution >= 0.6 is 0 Å². The Hall–Kier alpha value is -1.92. The lowest BCUT2D eigenvalue weighted by Gasteiger charge is -2.49. The molecule has 1 aromatic carbocycles. The first-order valence-electron chi connectivity index (χ1n) is 7.65. The van der Waals surface area contributed by atoms with E-state index in [0.717, 1.165) is 5.06 Å². The maximum atomic E-state index is 12.6. The number of carbonyl (C=O) groups is 2. The number of carbonyl (C=O) groups excluding carboxylic acids is 1. The van der Waals surface area contributed by atoms with Gasteiger partial charge in [-0.2, -0.15) is 0 Å². The number of carboxylic acid groups (broad SMARTS) is 1. The summed E-state index contributed by atoms with van der Waals surface area (Å²) in [5, 5.41) is 25.2. The number of hydrogen-bond acceptors (Lipinski definition) is 3. The number of hydrogen-bond donors (Lipinski definition) is 2. The monoisotopic (exact) mass is 319 g/mol. The second-order valence-electron chi connectivity index (χ2n) is 7.40. The molecule has 0 saturated carbocycles. The van der Waals surface area contributed by atoms with Crippen LogP contribution in [0.2, 0.25) is 0 Å². The predicted molar refractivity (Wildman–Crippen MR) is 85.4 cm³/mol. The normalized spacial score (nSPS) is 20.9. The molecule has 0 unspecified atom stereocenters. The van der Waals surface area contributed by atoms with Crippen molar-refractivity contribution >= 4 is 17.6 Å². The van der Waals surface area contributed by atoms with E-state index in [0.29, 0.717) is 18.5 Å². The van der Waals surface area contributed by atoms with E-state index in [2.05, 4.69) is 5.32 Å². The molecule has 0 spiro atoms. The summed E-state index contributed by atoms with van der Waals surface area (Å²) in [5.41, 5.74) is -0.660. The number of nitrogens with zero attached hydrogens (tertiary/aromatic N) is 1. The summed E-state index contributed by atoms with van der Waals surface area (Å²) in [6.07, 6.45) is 0.925. The summed E-state index contributed by atoms with van der Waals surface area (Å²) in [5.74, 6) is -1.51. The molecule has 0 aromatic heterocycles. The molecule has 1 aromatic rings. The highest BCUT2D eigenvalue weighted by Crippen LogP contribution is 2.40. The molecular weight excluding hydrogens is 296 g/mol. The third-order valence-electron chi connectivity index (χ3n) is 4.34. The Morgan fingerprint density at radius 1 is 1.17 bits per heavy atom. The predicted octanol–water partition coefficient (Wildman–Crippen LogP) is 2.94. The Balaban J connectivity index is 2.15. The molecular formula is C17H23N2O4. The SMILES string of the molecule is CC1(C)CC(C(=O)Nc2cccc(C(=O)O)c2)CC(C)(C)N1[O]. The molecule has 0 atom stereocenters. The quantitative estimate of drug-likeness (QED) is 0.896. The van der Waals surface area contributed by atoms with E-state index < -0.39 is 17.0 Å². The van der Waals surface area contributed by atoms with E-state index >= 15 is 0 Å². The molecule has 1 aliphatic rings. The molecule has 0 aliphatic carbocycles. The second kappa shape index (κ2) is 5.94. The Bertz CT molecular complexity index is 607. The number of carboxylic acids is 1. The van der Waals surface area contributed by atoms with Crippen LogP contribution in [0.1, 0.15) is 50.9 Å². The molecule has 1 fully saturated rings. The third kappa shape index (κ3) is 3.71. The Labute approximate surface area is 136 Å². The summed E-state index contributed by atoms with van der Waals surface area (Å²) in [4.78, 5) is 23.5. The number of benzene rings is 1. The molecule has 0 bridgehead atoms. The minimum atomic E-state index is -1.04. The average molecular weight is 319 g/mol. The van der Waals surface area contributed by atoms with Gasteiger partial charge in [0.05, 0.1) is 5.56 Å². The number of amides is 1. The fourth-order valence-electron chi connectivity index (χ4n) is 3.42. The second-order valence-corrected chi connectivity index (χ2v) is 7.40. The molecule has 2 N–H and O–H groups in total. The van der Waals surface area contributed by atoms with E-state index in [-0.39, 0.29) is 17.4 Å². The highest BCUT2D eigenvalue weighted by Gasteiger charge is 2.48. The zero-order chi connectivity index (χ0) is 17.4. The van der Waals surface area contributed by atoms with Crippen LogP contribution in [0.25, 0.3) is 0 Å². The van der Waals surface area contributed by atoms with Gasteiger partial charge in [0.15, 0.2) is 0 Å². The van der Waals surface area contributed by atoms with E-state index in [1.54, 1.807) is 12.1 Å². The highest BCUT2D eigenvalue weighted by molar-refractivity contribution is 5.95. The van der Waals surface area contributed by atoms with Gasteiger partial charge >= 0.3 is 5.97 Å². The maximum Gasteiger partial charge on any atom is 0.335 e. The standard InChI is InChI=1S/C17H23N2O4/c1-16(2)9-12(10-17(3,4)19(16)23)14(20)18-13-7-5-6-11(8-13)15(21)22/h5-8,12H,9-10H2,1-4H3,(H,18,20)(H,21,22). The summed E-state index contributed by atoms with van der Waals surface area (Å²) in [6, 6.07) is 6.15. The molecule has 1 amide bonds. The summed E-state index contributed by atoms with van der Waals surface area (Å²) < 4.78 is 0. The zero-order valence-corrected chi connectivity index (χ0v) is 13.9. The first-order chi connectivity index (χ1) is 10.5. The summed E-state index contributed by atoms with van der Waals surface area (Å²) in [7, 11) is 0. The van der Waals surface area contributed by atoms with Crippen LogP contribution < -0.4 is 5.32 Å². The number of piperidine rings is 1. The van der Waals surface area contributed by atoms with E-state index in [1.807, 2.05) is 27.7 Å². The maximum absolute atomic E-state index is 12.6. The van der Waals surface area contributed by atoms with Gasteiger partial charge in [-0.05, 0) is 58.7 Å². The van der Waals surface area contributed by atoms with Crippen molar-refractivity contribution in [3.8, 4) is 0 Å². The fraction of sp³-hybridized carbons (Fsp3) is 0.529. The molecule has 1 radical (unpaired) electrons. The number of hydroxylamine groups is 2. The molecule has 2 rings (SSSR count). The average Bonchev–Trinajstić information content (AvgIpc) is 2.44. The molecule has 6 heteroatoms. The van der Waals surface area contributed by atoms with Gasteiger partial charge in [0.25, 0.3) is 0 Å². The summed E-state index contributed by atoms with van der Waals surface area (Å²) >= 11 is 0. The van der Waals surface area contributed by atoms with Crippen LogP contribution in [0.15, 0.2) is 24.3 Å². The van der Waals surface area contributed by atoms with Crippen molar-refractivity contribution < 1.29 is 19.9 Å². The Kier molecular flexibility index (Phi) is 4.50. The zero-order valence-electron chi connectivity index (χ0n) is 13.9. The fourth-order valence-corrected chi connectivity index (χ4v) is 3.42. The van der Waals surface area contributed by atoms with Crippen molar-refractivity contribution in [2.24, 2.45) is 5.92 Å². The third-order valence-corrected chi connectivity index (χ3v) is 4.34. The van der Waals surface area contributed by atoms with Gasteiger partial charge in [-0.3, -0.25) is 4.79 Å². The lowest BCUT2D eigenvalue weighted by atomic mass is 9.75. The van der Waals surface area contributed by atoms with Crippen molar-refractivity contribution in [1.29, 1.82) is 0 Å². The van der Waals surface area contributed by atoms with Gasteiger partial charge in [0.1, 0.15) is 0 Å². The largest absolute Gasteiger partial charge is 0.478 e. The van der Waals surface area contributed by atoms with Gasteiger partial charge in [-0.1, -0.05) is 6.07 Å². The van der Waals surface area contributed by atoms with Crippen molar-refractivity contribution in [3.05, 3.63) is 29.8 Å². The molecule has 6 nitrogen and oxygen atoms in total. The van der Waals surface area contributed by atoms with Gasteiger partial charge < -0.3 is 10.4 Å². The van der Waals surface area contributed by atoms with Gasteiger partial charge in [-0.15, -0.1) is 10.3 Å². The minimum Gasteiger partial charge on any atom is -0.478 e. The topological polar surface area (TPSA) is 89.5 Å². The molecule has 125 valence electrons. The Morgan fingerprint density at radius 3 is 2.26 bits per heavy atom. The lowest BCUT2D eigenvalue weighted by Crippen LogP contribution is -2.59. The van der Waals surface area contributed by atoms with Crippen LogP contribution in [-0.2, 0) is 10.0 Å². The number of aromatic carboxylic acids is 1. The summed E-state index contributed by atoms with van der Waals surface area (Å²) in [6.45, 7) is 7.36. The molecule has 1 saturated heterocycles. The number of rotatable bonds is 3.